The van der Waals surface area contributed by atoms with E-state index < -0.39 is 0 Å². The van der Waals surface area contributed by atoms with Crippen LogP contribution in [-0.2, 0) is 27.3 Å². The van der Waals surface area contributed by atoms with Crippen molar-refractivity contribution in [1.29, 1.82) is 5.26 Å². The summed E-state index contributed by atoms with van der Waals surface area (Å²) in [5, 5.41) is 17.2. The number of benzene rings is 1. The molecule has 9 nitrogen and oxygen atoms in total. The molecule has 3 saturated heterocycles. The number of hydrogen-bond acceptors (Lipinski definition) is 8. The second-order valence-corrected chi connectivity index (χ2v) is 12.9. The fourth-order valence-electron chi connectivity index (χ4n) is 8.11. The van der Waals surface area contributed by atoms with Crippen molar-refractivity contribution in [3.05, 3.63) is 47.5 Å². The third-order valence-electron chi connectivity index (χ3n) is 10.5. The van der Waals surface area contributed by atoms with Crippen molar-refractivity contribution in [2.75, 3.05) is 39.8 Å². The number of rotatable bonds is 6. The minimum absolute atomic E-state index is 0.0903. The molecule has 1 aliphatic carbocycles. The fraction of sp³-hybridized carbons (Fsp3) is 0.688. The summed E-state index contributed by atoms with van der Waals surface area (Å²) >= 11 is 0. The molecule has 1 aromatic carbocycles. The molecule has 1 spiro atoms. The van der Waals surface area contributed by atoms with Crippen LogP contribution in [0, 0.1) is 24.2 Å². The number of ether oxygens (including phenoxy) is 2. The van der Waals surface area contributed by atoms with Gasteiger partial charge in [-0.05, 0) is 75.4 Å². The van der Waals surface area contributed by atoms with Gasteiger partial charge in [0.25, 0.3) is 0 Å². The quantitative estimate of drug-likeness (QED) is 0.511. The van der Waals surface area contributed by atoms with E-state index in [1.807, 2.05) is 4.90 Å². The lowest BCUT2D eigenvalue weighted by Gasteiger charge is -2.56. The number of nitrogens with one attached hydrogen (secondary N) is 2. The topological polar surface area (TPSA) is 93.1 Å². The van der Waals surface area contributed by atoms with E-state index >= 15 is 0 Å². The van der Waals surface area contributed by atoms with E-state index in [0.29, 0.717) is 44.7 Å². The first-order valence-electron chi connectivity index (χ1n) is 15.5. The van der Waals surface area contributed by atoms with Gasteiger partial charge in [0.15, 0.2) is 6.35 Å². The molecule has 1 aromatic rings. The number of carbonyl (C=O) groups excluding carboxylic acids is 1. The van der Waals surface area contributed by atoms with Gasteiger partial charge in [-0.25, -0.2) is 0 Å². The van der Waals surface area contributed by atoms with Crippen LogP contribution in [0.25, 0.3) is 0 Å². The number of likely N-dealkylation sites (tertiary alicyclic amines) is 1. The van der Waals surface area contributed by atoms with Gasteiger partial charge in [-0.3, -0.25) is 20.3 Å². The summed E-state index contributed by atoms with van der Waals surface area (Å²) in [4.78, 5) is 19.2. The Morgan fingerprint density at radius 3 is 2.93 bits per heavy atom. The molecule has 222 valence electrons. The second-order valence-electron chi connectivity index (χ2n) is 12.9. The number of likely N-dealkylation sites (N-methyl/N-ethyl adjacent to an activating group) is 1. The molecule has 0 aromatic heterocycles. The summed E-state index contributed by atoms with van der Waals surface area (Å²) in [5.74, 6) is 0.286. The minimum atomic E-state index is -0.259. The highest BCUT2D eigenvalue weighted by atomic mass is 16.5. The Morgan fingerprint density at radius 2 is 2.15 bits per heavy atom. The molecule has 4 fully saturated rings. The van der Waals surface area contributed by atoms with Crippen molar-refractivity contribution in [1.82, 2.24) is 25.3 Å². The third kappa shape index (κ3) is 5.83. The molecule has 4 aliphatic heterocycles. The first-order valence-corrected chi connectivity index (χ1v) is 15.5. The average molecular weight is 563 g/mol. The monoisotopic (exact) mass is 562 g/mol. The number of fused-ring (bicyclic) bond motifs is 2. The van der Waals surface area contributed by atoms with Crippen LogP contribution in [0.2, 0.25) is 0 Å². The highest BCUT2D eigenvalue weighted by Crippen LogP contribution is 2.44. The van der Waals surface area contributed by atoms with Gasteiger partial charge >= 0.3 is 0 Å². The van der Waals surface area contributed by atoms with Crippen LogP contribution in [0.5, 0.6) is 0 Å². The van der Waals surface area contributed by atoms with Gasteiger partial charge in [0.2, 0.25) is 5.91 Å². The summed E-state index contributed by atoms with van der Waals surface area (Å²) in [5.41, 5.74) is 3.94. The summed E-state index contributed by atoms with van der Waals surface area (Å²) in [6.45, 7) is 10.4. The first kappa shape index (κ1) is 28.8. The molecule has 1 saturated carbocycles. The molecule has 5 aliphatic rings. The Kier molecular flexibility index (Phi) is 8.51. The van der Waals surface area contributed by atoms with Crippen LogP contribution >= 0.6 is 0 Å². The predicted octanol–water partition coefficient (Wildman–Crippen LogP) is 2.50. The number of amides is 1. The van der Waals surface area contributed by atoms with E-state index in [9.17, 15) is 10.1 Å². The SMILES string of the molecule is C=CC(=O)N1CCN(C2NC(OCC3CCCN3C)NC3C[C@@]4(CCC32)Cc2cccc(C)c2CO4)CC1CC#N. The summed E-state index contributed by atoms with van der Waals surface area (Å²) in [7, 11) is 2.19. The fourth-order valence-corrected chi connectivity index (χ4v) is 8.11. The highest BCUT2D eigenvalue weighted by molar-refractivity contribution is 5.87. The maximum Gasteiger partial charge on any atom is 0.246 e. The van der Waals surface area contributed by atoms with Crippen LogP contribution < -0.4 is 10.6 Å². The summed E-state index contributed by atoms with van der Waals surface area (Å²) in [6, 6.07) is 9.50. The lowest BCUT2D eigenvalue weighted by atomic mass is 9.69. The van der Waals surface area contributed by atoms with Gasteiger partial charge in [0.1, 0.15) is 0 Å². The highest BCUT2D eigenvalue weighted by Gasteiger charge is 2.51. The molecule has 6 unspecified atom stereocenters. The van der Waals surface area contributed by atoms with E-state index in [2.05, 4.69) is 65.3 Å². The molecule has 9 heteroatoms. The number of carbonyl (C=O) groups is 1. The molecule has 41 heavy (non-hydrogen) atoms. The third-order valence-corrected chi connectivity index (χ3v) is 10.5. The van der Waals surface area contributed by atoms with E-state index in [4.69, 9.17) is 9.47 Å². The number of nitriles is 1. The van der Waals surface area contributed by atoms with Gasteiger partial charge in [0, 0.05) is 44.1 Å². The molecular weight excluding hydrogens is 516 g/mol. The van der Waals surface area contributed by atoms with E-state index in [1.54, 1.807) is 0 Å². The molecule has 7 atom stereocenters. The lowest BCUT2D eigenvalue weighted by Crippen LogP contribution is -2.73. The second kappa shape index (κ2) is 12.1. The zero-order valence-corrected chi connectivity index (χ0v) is 24.7. The van der Waals surface area contributed by atoms with E-state index in [1.165, 1.54) is 35.6 Å². The number of nitrogens with zero attached hydrogens (tertiary/aromatic N) is 4. The van der Waals surface area contributed by atoms with Gasteiger partial charge in [0.05, 0.1) is 43.5 Å². The smallest absolute Gasteiger partial charge is 0.246 e. The number of aryl methyl sites for hydroxylation is 1. The predicted molar refractivity (Wildman–Crippen MR) is 156 cm³/mol. The molecule has 0 bridgehead atoms. The lowest BCUT2D eigenvalue weighted by molar-refractivity contribution is -0.153. The Balaban J connectivity index is 1.21. The number of hydrogen-bond donors (Lipinski definition) is 2. The van der Waals surface area contributed by atoms with Crippen molar-refractivity contribution in [2.45, 2.75) is 94.7 Å². The van der Waals surface area contributed by atoms with Crippen LogP contribution in [0.15, 0.2) is 30.9 Å². The zero-order chi connectivity index (χ0) is 28.6. The largest absolute Gasteiger partial charge is 0.370 e. The maximum absolute atomic E-state index is 12.5. The van der Waals surface area contributed by atoms with Crippen LogP contribution in [0.1, 0.15) is 55.2 Å². The van der Waals surface area contributed by atoms with E-state index in [0.717, 1.165) is 38.8 Å². The summed E-state index contributed by atoms with van der Waals surface area (Å²) in [6.07, 6.45) is 7.89. The van der Waals surface area contributed by atoms with Crippen molar-refractivity contribution >= 4 is 5.91 Å². The zero-order valence-electron chi connectivity index (χ0n) is 24.7. The number of piperazine rings is 1. The average Bonchev–Trinajstić information content (AvgIpc) is 3.39. The standard InChI is InChI=1S/C32H46N6O3/c1-4-29(39)38-16-15-37(19-24(38)11-13-33)30-26-10-12-32(17-23-8-5-7-22(2)27(23)21-41-32)18-28(26)34-31(35-30)40-20-25-9-6-14-36(25)3/h4-5,7-8,24-26,28,30-31,34-35H,1,6,9-12,14-21H2,2-3H3/t24?,25?,26?,28?,30?,31?,32-/m1/s1. The molecule has 0 radical (unpaired) electrons. The van der Waals surface area contributed by atoms with Crippen LogP contribution in [0.3, 0.4) is 0 Å². The normalized spacial score (nSPS) is 36.0. The van der Waals surface area contributed by atoms with Gasteiger partial charge in [-0.1, -0.05) is 24.8 Å². The molecule has 6 rings (SSSR count). The van der Waals surface area contributed by atoms with Crippen molar-refractivity contribution in [2.24, 2.45) is 5.92 Å². The maximum atomic E-state index is 12.5. The molecule has 4 heterocycles. The van der Waals surface area contributed by atoms with Gasteiger partial charge < -0.3 is 19.3 Å². The van der Waals surface area contributed by atoms with Crippen molar-refractivity contribution in [3.63, 3.8) is 0 Å². The minimum Gasteiger partial charge on any atom is -0.370 e. The Labute approximate surface area is 244 Å². The van der Waals surface area contributed by atoms with E-state index in [-0.39, 0.29) is 36.1 Å². The van der Waals surface area contributed by atoms with Gasteiger partial charge in [-0.2, -0.15) is 5.26 Å². The molecule has 1 amide bonds. The Morgan fingerprint density at radius 1 is 1.27 bits per heavy atom. The van der Waals surface area contributed by atoms with Gasteiger partial charge in [-0.15, -0.1) is 0 Å². The summed E-state index contributed by atoms with van der Waals surface area (Å²) < 4.78 is 13.3. The van der Waals surface area contributed by atoms with Crippen LogP contribution in [-0.4, -0.2) is 96.7 Å². The van der Waals surface area contributed by atoms with Crippen molar-refractivity contribution in [3.8, 4) is 6.07 Å². The molecular formula is C32H46N6O3. The van der Waals surface area contributed by atoms with Crippen molar-refractivity contribution < 1.29 is 14.3 Å². The Hall–Kier alpha value is -2.32. The first-order chi connectivity index (χ1) is 19.9. The van der Waals surface area contributed by atoms with Crippen LogP contribution in [0.4, 0.5) is 0 Å². The Bertz CT molecular complexity index is 1170. The molecule has 2 N–H and O–H groups in total.